The van der Waals surface area contributed by atoms with Crippen LogP contribution in [0.5, 0.6) is 0 Å². The second-order valence-corrected chi connectivity index (χ2v) is 7.27. The first-order valence-electron chi connectivity index (χ1n) is 5.31. The van der Waals surface area contributed by atoms with Crippen molar-refractivity contribution in [2.75, 3.05) is 7.05 Å². The molecule has 0 fully saturated rings. The molecule has 0 aliphatic rings. The number of hydrogen-bond donors (Lipinski definition) is 0. The van der Waals surface area contributed by atoms with Gasteiger partial charge in [-0.3, -0.25) is 4.79 Å². The molecule has 0 atom stereocenters. The molecule has 0 N–H and O–H groups in total. The van der Waals surface area contributed by atoms with Crippen LogP contribution in [0.25, 0.3) is 0 Å². The lowest BCUT2D eigenvalue weighted by molar-refractivity contribution is 0.0790. The van der Waals surface area contributed by atoms with Gasteiger partial charge in [-0.25, -0.2) is 0 Å². The molecule has 0 bridgehead atoms. The van der Waals surface area contributed by atoms with Crippen LogP contribution in [-0.2, 0) is 6.54 Å². The minimum atomic E-state index is 0.0496. The summed E-state index contributed by atoms with van der Waals surface area (Å²) in [5.74, 6) is 0.0496. The molecule has 94 valence electrons. The van der Waals surface area contributed by atoms with Crippen LogP contribution in [0.3, 0.4) is 0 Å². The molecule has 18 heavy (non-hydrogen) atoms. The van der Waals surface area contributed by atoms with E-state index in [1.165, 1.54) is 11.3 Å². The van der Waals surface area contributed by atoms with Gasteiger partial charge < -0.3 is 4.90 Å². The Kier molecular flexibility index (Phi) is 4.59. The minimum absolute atomic E-state index is 0.0496. The first-order valence-corrected chi connectivity index (χ1v) is 7.72. The van der Waals surface area contributed by atoms with Gasteiger partial charge >= 0.3 is 0 Å². The fraction of sp³-hybridized carbons (Fsp3) is 0.154. The van der Waals surface area contributed by atoms with Crippen molar-refractivity contribution in [3.05, 3.63) is 55.1 Å². The Hall–Kier alpha value is -0.650. The molecule has 0 radical (unpaired) electrons. The highest BCUT2D eigenvalue weighted by atomic mass is 79.9. The molecule has 0 unspecified atom stereocenters. The zero-order valence-corrected chi connectivity index (χ0v) is 13.7. The van der Waals surface area contributed by atoms with Crippen molar-refractivity contribution in [3.63, 3.8) is 0 Å². The summed E-state index contributed by atoms with van der Waals surface area (Å²) in [7, 11) is 1.82. The highest BCUT2D eigenvalue weighted by Crippen LogP contribution is 2.23. The minimum Gasteiger partial charge on any atom is -0.337 e. The summed E-state index contributed by atoms with van der Waals surface area (Å²) in [5.41, 5.74) is 1.12. The Morgan fingerprint density at radius 3 is 2.39 bits per heavy atom. The summed E-state index contributed by atoms with van der Waals surface area (Å²) in [5, 5.41) is 0. The van der Waals surface area contributed by atoms with Gasteiger partial charge in [0.1, 0.15) is 0 Å². The Balaban J connectivity index is 2.05. The van der Waals surface area contributed by atoms with Crippen molar-refractivity contribution in [2.45, 2.75) is 6.54 Å². The number of nitrogens with zero attached hydrogens (tertiary/aromatic N) is 1. The molecule has 2 aromatic rings. The predicted octanol–water partition coefficient (Wildman–Crippen LogP) is 4.55. The molecule has 0 saturated carbocycles. The van der Waals surface area contributed by atoms with Gasteiger partial charge in [-0.05, 0) is 45.8 Å². The summed E-state index contributed by atoms with van der Waals surface area (Å²) in [6.07, 6.45) is 0. The maximum absolute atomic E-state index is 12.1. The Morgan fingerprint density at radius 1 is 1.17 bits per heavy atom. The van der Waals surface area contributed by atoms with Crippen molar-refractivity contribution in [1.29, 1.82) is 0 Å². The average molecular weight is 389 g/mol. The number of hydrogen-bond acceptors (Lipinski definition) is 2. The van der Waals surface area contributed by atoms with E-state index in [0.29, 0.717) is 6.54 Å². The van der Waals surface area contributed by atoms with E-state index in [4.69, 9.17) is 0 Å². The smallest absolute Gasteiger partial charge is 0.264 e. The first-order chi connectivity index (χ1) is 8.56. The molecule has 2 nitrogen and oxygen atoms in total. The monoisotopic (exact) mass is 387 g/mol. The van der Waals surface area contributed by atoms with Crippen molar-refractivity contribution in [2.24, 2.45) is 0 Å². The lowest BCUT2D eigenvalue weighted by Gasteiger charge is -2.16. The van der Waals surface area contributed by atoms with Gasteiger partial charge in [-0.1, -0.05) is 28.1 Å². The molecule has 1 aromatic carbocycles. The van der Waals surface area contributed by atoms with Crippen LogP contribution < -0.4 is 0 Å². The van der Waals surface area contributed by atoms with Crippen LogP contribution in [0.2, 0.25) is 0 Å². The summed E-state index contributed by atoms with van der Waals surface area (Å²) >= 11 is 8.22. The standard InChI is InChI=1S/C13H11Br2NOS/c1-16(8-9-2-4-10(14)5-3-9)13(17)11-6-7-12(15)18-11/h2-7H,8H2,1H3. The quantitative estimate of drug-likeness (QED) is 0.755. The van der Waals surface area contributed by atoms with Crippen molar-refractivity contribution in [3.8, 4) is 0 Å². The van der Waals surface area contributed by atoms with Crippen LogP contribution >= 0.6 is 43.2 Å². The average Bonchev–Trinajstić information content (AvgIpc) is 2.78. The van der Waals surface area contributed by atoms with Gasteiger partial charge in [0.05, 0.1) is 8.66 Å². The van der Waals surface area contributed by atoms with Crippen LogP contribution in [0.1, 0.15) is 15.2 Å². The van der Waals surface area contributed by atoms with Crippen molar-refractivity contribution >= 4 is 49.1 Å². The molecule has 2 rings (SSSR count). The number of carbonyl (C=O) groups excluding carboxylic acids is 1. The van der Waals surface area contributed by atoms with Crippen LogP contribution in [-0.4, -0.2) is 17.9 Å². The van der Waals surface area contributed by atoms with E-state index in [0.717, 1.165) is 18.7 Å². The zero-order chi connectivity index (χ0) is 13.1. The van der Waals surface area contributed by atoms with Gasteiger partial charge in [-0.15, -0.1) is 11.3 Å². The number of rotatable bonds is 3. The third-order valence-corrected chi connectivity index (χ3v) is 4.60. The van der Waals surface area contributed by atoms with Gasteiger partial charge in [0.2, 0.25) is 0 Å². The largest absolute Gasteiger partial charge is 0.337 e. The number of halogens is 2. The van der Waals surface area contributed by atoms with E-state index in [2.05, 4.69) is 31.9 Å². The molecule has 0 aliphatic heterocycles. The third-order valence-electron chi connectivity index (χ3n) is 2.46. The lowest BCUT2D eigenvalue weighted by Crippen LogP contribution is -2.25. The maximum atomic E-state index is 12.1. The Bertz CT molecular complexity index is 550. The fourth-order valence-corrected chi connectivity index (χ4v) is 3.20. The van der Waals surface area contributed by atoms with E-state index in [9.17, 15) is 4.79 Å². The zero-order valence-electron chi connectivity index (χ0n) is 9.69. The predicted molar refractivity (Wildman–Crippen MR) is 82.0 cm³/mol. The van der Waals surface area contributed by atoms with Gasteiger partial charge in [0.25, 0.3) is 5.91 Å². The second-order valence-electron chi connectivity index (χ2n) is 3.89. The molecule has 1 amide bonds. The molecule has 5 heteroatoms. The van der Waals surface area contributed by atoms with E-state index in [1.807, 2.05) is 43.4 Å². The van der Waals surface area contributed by atoms with Crippen LogP contribution in [0, 0.1) is 0 Å². The lowest BCUT2D eigenvalue weighted by atomic mass is 10.2. The van der Waals surface area contributed by atoms with Crippen LogP contribution in [0.15, 0.2) is 44.7 Å². The number of benzene rings is 1. The van der Waals surface area contributed by atoms with Gasteiger partial charge in [0, 0.05) is 18.1 Å². The van der Waals surface area contributed by atoms with Gasteiger partial charge in [0.15, 0.2) is 0 Å². The van der Waals surface area contributed by atoms with E-state index < -0.39 is 0 Å². The van der Waals surface area contributed by atoms with E-state index in [1.54, 1.807) is 4.90 Å². The molecule has 0 spiro atoms. The van der Waals surface area contributed by atoms with E-state index >= 15 is 0 Å². The van der Waals surface area contributed by atoms with Crippen molar-refractivity contribution in [1.82, 2.24) is 4.90 Å². The van der Waals surface area contributed by atoms with E-state index in [-0.39, 0.29) is 5.91 Å². The number of carbonyl (C=O) groups is 1. The Labute approximate surface area is 127 Å². The second kappa shape index (κ2) is 5.99. The molecular weight excluding hydrogens is 378 g/mol. The summed E-state index contributed by atoms with van der Waals surface area (Å²) in [6, 6.07) is 11.7. The fourth-order valence-electron chi connectivity index (χ4n) is 1.55. The number of amides is 1. The molecular formula is C13H11Br2NOS. The van der Waals surface area contributed by atoms with Crippen molar-refractivity contribution < 1.29 is 4.79 Å². The highest BCUT2D eigenvalue weighted by Gasteiger charge is 2.13. The summed E-state index contributed by atoms with van der Waals surface area (Å²) in [4.78, 5) is 14.6. The Morgan fingerprint density at radius 2 is 1.83 bits per heavy atom. The number of thiophene rings is 1. The molecule has 0 saturated heterocycles. The molecule has 1 aromatic heterocycles. The highest BCUT2D eigenvalue weighted by molar-refractivity contribution is 9.11. The summed E-state index contributed by atoms with van der Waals surface area (Å²) < 4.78 is 2.02. The molecule has 1 heterocycles. The third kappa shape index (κ3) is 3.43. The molecule has 0 aliphatic carbocycles. The summed E-state index contributed by atoms with van der Waals surface area (Å²) in [6.45, 7) is 0.613. The van der Waals surface area contributed by atoms with Crippen LogP contribution in [0.4, 0.5) is 0 Å². The van der Waals surface area contributed by atoms with Gasteiger partial charge in [-0.2, -0.15) is 0 Å². The topological polar surface area (TPSA) is 20.3 Å². The first kappa shape index (κ1) is 13.8. The SMILES string of the molecule is CN(Cc1ccc(Br)cc1)C(=O)c1ccc(Br)s1. The normalized spacial score (nSPS) is 10.4. The maximum Gasteiger partial charge on any atom is 0.264 e.